The summed E-state index contributed by atoms with van der Waals surface area (Å²) in [5, 5.41) is 21.2. The van der Waals surface area contributed by atoms with Crippen molar-refractivity contribution < 1.29 is 29.3 Å². The Morgan fingerprint density at radius 3 is 2.48 bits per heavy atom. The first-order valence-electron chi connectivity index (χ1n) is 15.9. The van der Waals surface area contributed by atoms with Crippen LogP contribution in [0.5, 0.6) is 0 Å². The van der Waals surface area contributed by atoms with E-state index in [9.17, 15) is 19.5 Å². The van der Waals surface area contributed by atoms with Crippen LogP contribution in [0.25, 0.3) is 11.0 Å². The van der Waals surface area contributed by atoms with Crippen molar-refractivity contribution in [2.45, 2.75) is 69.7 Å². The summed E-state index contributed by atoms with van der Waals surface area (Å²) in [5.41, 5.74) is 4.91. The van der Waals surface area contributed by atoms with E-state index in [0.29, 0.717) is 18.7 Å². The summed E-state index contributed by atoms with van der Waals surface area (Å²) in [6.07, 6.45) is 1.64. The van der Waals surface area contributed by atoms with Crippen LogP contribution in [0.4, 0.5) is 5.69 Å². The number of aromatic nitrogens is 2. The molecule has 2 saturated heterocycles. The lowest BCUT2D eigenvalue weighted by molar-refractivity contribution is -0.253. The number of nitrogens with one attached hydrogen (secondary N) is 2. The van der Waals surface area contributed by atoms with Crippen molar-refractivity contribution in [2.75, 3.05) is 25.0 Å². The van der Waals surface area contributed by atoms with Crippen LogP contribution in [0.2, 0.25) is 0 Å². The van der Waals surface area contributed by atoms with Crippen LogP contribution in [-0.4, -0.2) is 62.3 Å². The number of aliphatic hydroxyl groups excluding tert-OH is 1. The van der Waals surface area contributed by atoms with Crippen molar-refractivity contribution >= 4 is 28.6 Å². The third kappa shape index (κ3) is 7.56. The quantitative estimate of drug-likeness (QED) is 0.184. The molecule has 2 fully saturated rings. The fraction of sp³-hybridized carbons (Fsp3) is 0.400. The van der Waals surface area contributed by atoms with Gasteiger partial charge in [0.25, 0.3) is 0 Å². The number of carbonyl (C=O) groups excluding carboxylic acids is 1. The summed E-state index contributed by atoms with van der Waals surface area (Å²) in [7, 11) is 0. The number of rotatable bonds is 11. The van der Waals surface area contributed by atoms with Crippen LogP contribution >= 0.6 is 0 Å². The predicted molar refractivity (Wildman–Crippen MR) is 172 cm³/mol. The maximum Gasteiger partial charge on any atom is 0.326 e. The van der Waals surface area contributed by atoms with E-state index in [1.807, 2.05) is 71.3 Å². The van der Waals surface area contributed by atoms with E-state index in [1.54, 1.807) is 6.07 Å². The molecule has 1 aromatic heterocycles. The minimum Gasteiger partial charge on any atom is -0.481 e. The van der Waals surface area contributed by atoms with E-state index in [0.717, 1.165) is 53.7 Å². The molecule has 242 valence electrons. The van der Waals surface area contributed by atoms with Gasteiger partial charge in [0.1, 0.15) is 0 Å². The monoisotopic (exact) mass is 628 g/mol. The number of ether oxygens (including phenoxy) is 2. The fourth-order valence-corrected chi connectivity index (χ4v) is 6.50. The highest BCUT2D eigenvalue weighted by Crippen LogP contribution is 2.39. The maximum atomic E-state index is 12.8. The highest BCUT2D eigenvalue weighted by Gasteiger charge is 2.34. The number of aromatic amines is 1. The highest BCUT2D eigenvalue weighted by molar-refractivity contribution is 5.91. The molecule has 1 amide bonds. The average Bonchev–Trinajstić information content (AvgIpc) is 3.40. The minimum atomic E-state index is -0.925. The number of carboxylic acids is 1. The Hall–Kier alpha value is -4.29. The summed E-state index contributed by atoms with van der Waals surface area (Å²) in [6, 6.07) is 23.1. The largest absolute Gasteiger partial charge is 0.481 e. The van der Waals surface area contributed by atoms with Crippen molar-refractivity contribution in [3.8, 4) is 0 Å². The van der Waals surface area contributed by atoms with Crippen LogP contribution in [0.3, 0.4) is 0 Å². The Morgan fingerprint density at radius 1 is 0.935 bits per heavy atom. The third-order valence-corrected chi connectivity index (χ3v) is 8.86. The van der Waals surface area contributed by atoms with E-state index in [-0.39, 0.29) is 55.7 Å². The second kappa shape index (κ2) is 14.4. The lowest BCUT2D eigenvalue weighted by atomic mass is 9.98. The number of H-pyrrole nitrogens is 1. The number of hydrogen-bond acceptors (Lipinski definition) is 7. The smallest absolute Gasteiger partial charge is 0.326 e. The Bertz CT molecular complexity index is 1710. The topological polar surface area (TPSA) is 146 Å². The number of likely N-dealkylation sites (tertiary alicyclic amines) is 1. The first kappa shape index (κ1) is 31.7. The Morgan fingerprint density at radius 2 is 1.72 bits per heavy atom. The van der Waals surface area contributed by atoms with E-state index in [4.69, 9.17) is 14.6 Å². The van der Waals surface area contributed by atoms with Crippen LogP contribution < -0.4 is 11.0 Å². The number of aliphatic hydroxyl groups is 1. The van der Waals surface area contributed by atoms with Crippen molar-refractivity contribution in [3.05, 3.63) is 100.0 Å². The number of para-hydroxylation sites is 2. The van der Waals surface area contributed by atoms with Gasteiger partial charge in [-0.1, -0.05) is 48.5 Å². The van der Waals surface area contributed by atoms with Gasteiger partial charge in [-0.25, -0.2) is 4.79 Å². The van der Waals surface area contributed by atoms with Crippen molar-refractivity contribution in [3.63, 3.8) is 0 Å². The molecule has 6 rings (SSSR count). The van der Waals surface area contributed by atoms with Gasteiger partial charge in [-0.2, -0.15) is 0 Å². The Balaban J connectivity index is 1.14. The molecule has 0 unspecified atom stereocenters. The highest BCUT2D eigenvalue weighted by atomic mass is 16.7. The summed E-state index contributed by atoms with van der Waals surface area (Å²) >= 11 is 0. The van der Waals surface area contributed by atoms with Gasteiger partial charge in [-0.05, 0) is 54.7 Å². The lowest BCUT2D eigenvalue weighted by Crippen LogP contribution is -2.43. The second-order valence-electron chi connectivity index (χ2n) is 12.1. The van der Waals surface area contributed by atoms with Gasteiger partial charge < -0.3 is 34.9 Å². The average molecular weight is 629 g/mol. The van der Waals surface area contributed by atoms with Gasteiger partial charge in [0.05, 0.1) is 29.8 Å². The third-order valence-electron chi connectivity index (χ3n) is 8.86. The normalized spacial score (nSPS) is 20.9. The van der Waals surface area contributed by atoms with Gasteiger partial charge in [-0.15, -0.1) is 0 Å². The van der Waals surface area contributed by atoms with E-state index < -0.39 is 12.3 Å². The van der Waals surface area contributed by atoms with Crippen LogP contribution in [0, 0.1) is 0 Å². The SMILES string of the molecule is O=C(O)CCCC(=O)Nc1cccc([C@H]2O[C@@H](CN3CCC(n4c(=O)[nH]c5ccccc54)CC3)C[C@@H](c3ccc(CO)cc3)O2)c1. The van der Waals surface area contributed by atoms with E-state index >= 15 is 0 Å². The summed E-state index contributed by atoms with van der Waals surface area (Å²) < 4.78 is 15.0. The maximum absolute atomic E-state index is 12.8. The first-order valence-corrected chi connectivity index (χ1v) is 15.9. The molecule has 11 nitrogen and oxygen atoms in total. The van der Waals surface area contributed by atoms with Crippen LogP contribution in [0.15, 0.2) is 77.6 Å². The molecule has 0 saturated carbocycles. The molecular formula is C35H40N4O7. The first-order chi connectivity index (χ1) is 22.4. The van der Waals surface area contributed by atoms with Crippen LogP contribution in [0.1, 0.15) is 73.7 Å². The molecule has 0 bridgehead atoms. The number of benzene rings is 3. The molecule has 2 aliphatic rings. The summed E-state index contributed by atoms with van der Waals surface area (Å²) in [4.78, 5) is 41.4. The molecular weight excluding hydrogens is 588 g/mol. The number of nitrogens with zero attached hydrogens (tertiary/aromatic N) is 2. The predicted octanol–water partition coefficient (Wildman–Crippen LogP) is 4.90. The number of imidazole rings is 1. The molecule has 0 radical (unpaired) electrons. The van der Waals surface area contributed by atoms with Gasteiger partial charge in [-0.3, -0.25) is 14.2 Å². The molecule has 11 heteroatoms. The number of fused-ring (bicyclic) bond motifs is 1. The zero-order valence-electron chi connectivity index (χ0n) is 25.6. The summed E-state index contributed by atoms with van der Waals surface area (Å²) in [5.74, 6) is -1.17. The Kier molecular flexibility index (Phi) is 9.94. The zero-order chi connectivity index (χ0) is 32.0. The molecule has 3 atom stereocenters. The standard InChI is InChI=1S/C35H40N4O7/c40-22-23-11-13-24(14-12-23)31-20-28(21-38-17-15-27(16-18-38)39-30-8-2-1-7-29(30)37-35(39)44)45-34(46-31)25-5-3-6-26(19-25)36-32(41)9-4-10-33(42)43/h1-3,5-8,11-14,19,27-28,31,34,40H,4,9-10,15-18,20-22H2,(H,36,41)(H,37,44)(H,42,43)/t28-,31+,34+/m1/s1. The lowest BCUT2D eigenvalue weighted by Gasteiger charge is -2.40. The number of hydrogen-bond donors (Lipinski definition) is 4. The van der Waals surface area contributed by atoms with Gasteiger partial charge in [0.2, 0.25) is 5.91 Å². The molecule has 3 heterocycles. The zero-order valence-corrected chi connectivity index (χ0v) is 25.6. The van der Waals surface area contributed by atoms with Gasteiger partial charge >= 0.3 is 11.7 Å². The van der Waals surface area contributed by atoms with Gasteiger partial charge in [0.15, 0.2) is 6.29 Å². The number of aliphatic carboxylic acids is 1. The molecule has 0 aliphatic carbocycles. The number of carbonyl (C=O) groups is 2. The molecule has 0 spiro atoms. The molecule has 3 aromatic carbocycles. The molecule has 2 aliphatic heterocycles. The van der Waals surface area contributed by atoms with Crippen molar-refractivity contribution in [1.29, 1.82) is 0 Å². The molecule has 4 aromatic rings. The van der Waals surface area contributed by atoms with E-state index in [1.165, 1.54) is 0 Å². The minimum absolute atomic E-state index is 0.0321. The van der Waals surface area contributed by atoms with Crippen molar-refractivity contribution in [2.24, 2.45) is 0 Å². The number of piperidine rings is 1. The van der Waals surface area contributed by atoms with Crippen LogP contribution in [-0.2, 0) is 25.7 Å². The summed E-state index contributed by atoms with van der Waals surface area (Å²) in [6.45, 7) is 2.35. The number of amides is 1. The fourth-order valence-electron chi connectivity index (χ4n) is 6.50. The van der Waals surface area contributed by atoms with Gasteiger partial charge in [0, 0.05) is 56.2 Å². The number of carboxylic acid groups (broad SMARTS) is 1. The molecule has 46 heavy (non-hydrogen) atoms. The van der Waals surface area contributed by atoms with Crippen molar-refractivity contribution in [1.82, 2.24) is 14.5 Å². The molecule has 4 N–H and O–H groups in total. The second-order valence-corrected chi connectivity index (χ2v) is 12.1. The van der Waals surface area contributed by atoms with E-state index in [2.05, 4.69) is 15.2 Å². The number of anilines is 1. The Labute approximate surface area is 266 Å².